The average Bonchev–Trinajstić information content (AvgIpc) is 1.90. The predicted octanol–water partition coefficient (Wildman–Crippen LogP) is 2.83. The van der Waals surface area contributed by atoms with E-state index in [9.17, 15) is 0 Å². The lowest BCUT2D eigenvalue weighted by Gasteiger charge is -1.92. The van der Waals surface area contributed by atoms with E-state index in [1.807, 2.05) is 12.1 Å². The van der Waals surface area contributed by atoms with Crippen molar-refractivity contribution < 1.29 is 5.11 Å². The summed E-state index contributed by atoms with van der Waals surface area (Å²) in [6.45, 7) is 0. The molecule has 0 aliphatic rings. The van der Waals surface area contributed by atoms with Crippen LogP contribution in [0.25, 0.3) is 0 Å². The maximum atomic E-state index is 8.84. The van der Waals surface area contributed by atoms with Crippen molar-refractivity contribution in [3.63, 3.8) is 0 Å². The summed E-state index contributed by atoms with van der Waals surface area (Å²) < 4.78 is 0. The summed E-state index contributed by atoms with van der Waals surface area (Å²) in [6, 6.07) is 7.13. The minimum Gasteiger partial charge on any atom is -0.508 e. The van der Waals surface area contributed by atoms with E-state index in [0.29, 0.717) is 5.75 Å². The molecule has 0 radical (unpaired) electrons. The minimum absolute atomic E-state index is 0.323. The van der Waals surface area contributed by atoms with Crippen LogP contribution in [-0.4, -0.2) is 5.11 Å². The average molecular weight is 252 g/mol. The van der Waals surface area contributed by atoms with Gasteiger partial charge in [0.05, 0.1) is 0 Å². The molecule has 1 nitrogen and oxygen atoms in total. The fourth-order valence-electron chi connectivity index (χ4n) is 0.498. The van der Waals surface area contributed by atoms with Crippen LogP contribution in [0.1, 0.15) is 0 Å². The highest BCUT2D eigenvalue weighted by atomic mass is 127. The molecule has 0 bridgehead atoms. The van der Waals surface area contributed by atoms with E-state index in [0.717, 1.165) is 4.90 Å². The van der Waals surface area contributed by atoms with Gasteiger partial charge in [-0.1, -0.05) is 8.93 Å². The molecule has 0 amide bonds. The van der Waals surface area contributed by atoms with Crippen molar-refractivity contribution in [2.45, 2.75) is 4.90 Å². The van der Waals surface area contributed by atoms with Crippen LogP contribution in [0.3, 0.4) is 0 Å². The Balaban J connectivity index is 2.88. The fraction of sp³-hybridized carbons (Fsp3) is 0. The fourth-order valence-corrected chi connectivity index (χ4v) is 1.62. The largest absolute Gasteiger partial charge is 0.508 e. The number of phenolic OH excluding ortho intramolecular Hbond substituents is 1. The van der Waals surface area contributed by atoms with Crippen molar-refractivity contribution in [1.82, 2.24) is 0 Å². The van der Waals surface area contributed by atoms with Gasteiger partial charge in [-0.3, -0.25) is 0 Å². The van der Waals surface area contributed by atoms with Crippen LogP contribution in [0, 0.1) is 0 Å². The van der Waals surface area contributed by atoms with Crippen molar-refractivity contribution in [3.8, 4) is 5.75 Å². The molecule has 0 unspecified atom stereocenters. The second kappa shape index (κ2) is 3.31. The lowest BCUT2D eigenvalue weighted by molar-refractivity contribution is 0.475. The first-order chi connectivity index (χ1) is 4.33. The first kappa shape index (κ1) is 7.21. The normalized spacial score (nSPS) is 9.44. The molecule has 1 aromatic rings. The molecule has 1 N–H and O–H groups in total. The molecule has 48 valence electrons. The van der Waals surface area contributed by atoms with Crippen molar-refractivity contribution >= 4 is 30.1 Å². The number of hydrogen-bond donors (Lipinski definition) is 1. The zero-order chi connectivity index (χ0) is 6.69. The third-order valence-corrected chi connectivity index (χ3v) is 2.90. The van der Waals surface area contributed by atoms with Crippen molar-refractivity contribution in [2.75, 3.05) is 0 Å². The quantitative estimate of drug-likeness (QED) is 0.775. The molecule has 0 heterocycles. The van der Waals surface area contributed by atoms with Gasteiger partial charge in [-0.25, -0.2) is 0 Å². The van der Waals surface area contributed by atoms with E-state index in [1.165, 1.54) is 0 Å². The summed E-state index contributed by atoms with van der Waals surface area (Å²) in [4.78, 5) is 1.16. The van der Waals surface area contributed by atoms with Crippen LogP contribution >= 0.6 is 30.1 Å². The van der Waals surface area contributed by atoms with Crippen LogP contribution in [0.5, 0.6) is 5.75 Å². The molecule has 0 aliphatic carbocycles. The monoisotopic (exact) mass is 252 g/mol. The molecule has 0 saturated carbocycles. The van der Waals surface area contributed by atoms with Crippen LogP contribution in [0.4, 0.5) is 0 Å². The van der Waals surface area contributed by atoms with Gasteiger partial charge in [0.2, 0.25) is 0 Å². The highest BCUT2D eigenvalue weighted by Crippen LogP contribution is 2.25. The molecule has 9 heavy (non-hydrogen) atoms. The van der Waals surface area contributed by atoms with Crippen LogP contribution < -0.4 is 0 Å². The smallest absolute Gasteiger partial charge is 0.115 e. The summed E-state index contributed by atoms with van der Waals surface area (Å²) in [5.74, 6) is 0.323. The Bertz CT molecular complexity index is 185. The van der Waals surface area contributed by atoms with E-state index < -0.39 is 0 Å². The number of rotatable bonds is 1. The SMILES string of the molecule is Oc1ccc(SI)cc1. The second-order valence-corrected chi connectivity index (χ2v) is 3.52. The third kappa shape index (κ3) is 2.06. The zero-order valence-electron chi connectivity index (χ0n) is 4.54. The first-order valence-electron chi connectivity index (χ1n) is 2.40. The Morgan fingerprint density at radius 3 is 2.22 bits per heavy atom. The number of phenols is 1. The number of hydrogen-bond acceptors (Lipinski definition) is 2. The maximum absolute atomic E-state index is 8.84. The van der Waals surface area contributed by atoms with Gasteiger partial charge in [0.25, 0.3) is 0 Å². The summed E-state index contributed by atoms with van der Waals surface area (Å²) in [5.41, 5.74) is 0. The van der Waals surface area contributed by atoms with Crippen LogP contribution in [0.2, 0.25) is 0 Å². The number of benzene rings is 1. The molecule has 0 fully saturated rings. The Kier molecular flexibility index (Phi) is 2.65. The first-order valence-corrected chi connectivity index (χ1v) is 5.76. The van der Waals surface area contributed by atoms with E-state index in [2.05, 4.69) is 21.2 Å². The molecule has 0 atom stereocenters. The van der Waals surface area contributed by atoms with Crippen molar-refractivity contribution in [2.24, 2.45) is 0 Å². The summed E-state index contributed by atoms with van der Waals surface area (Å²) in [6.07, 6.45) is 0. The van der Waals surface area contributed by atoms with Crippen LogP contribution in [-0.2, 0) is 0 Å². The molecular formula is C6H5IOS. The van der Waals surface area contributed by atoms with E-state index in [1.54, 1.807) is 21.1 Å². The molecule has 0 aromatic heterocycles. The van der Waals surface area contributed by atoms with Gasteiger partial charge < -0.3 is 5.11 Å². The van der Waals surface area contributed by atoms with Crippen molar-refractivity contribution in [1.29, 1.82) is 0 Å². The molecule has 0 aliphatic heterocycles. The zero-order valence-corrected chi connectivity index (χ0v) is 7.52. The van der Waals surface area contributed by atoms with Gasteiger partial charge in [-0.15, -0.1) is 0 Å². The minimum atomic E-state index is 0.323. The summed E-state index contributed by atoms with van der Waals surface area (Å²) in [5, 5.41) is 8.84. The third-order valence-electron chi connectivity index (χ3n) is 0.926. The van der Waals surface area contributed by atoms with Gasteiger partial charge in [-0.2, -0.15) is 0 Å². The van der Waals surface area contributed by atoms with Gasteiger partial charge in [0, 0.05) is 26.1 Å². The Morgan fingerprint density at radius 1 is 1.22 bits per heavy atom. The van der Waals surface area contributed by atoms with Gasteiger partial charge >= 0.3 is 0 Å². The summed E-state index contributed by atoms with van der Waals surface area (Å²) in [7, 11) is 1.64. The molecular weight excluding hydrogens is 247 g/mol. The lowest BCUT2D eigenvalue weighted by Crippen LogP contribution is -1.64. The van der Waals surface area contributed by atoms with Gasteiger partial charge in [0.1, 0.15) is 5.75 Å². The van der Waals surface area contributed by atoms with E-state index in [4.69, 9.17) is 5.11 Å². The van der Waals surface area contributed by atoms with E-state index in [-0.39, 0.29) is 0 Å². The topological polar surface area (TPSA) is 20.2 Å². The predicted molar refractivity (Wildman–Crippen MR) is 48.0 cm³/mol. The maximum Gasteiger partial charge on any atom is 0.115 e. The Morgan fingerprint density at radius 2 is 1.78 bits per heavy atom. The molecule has 3 heteroatoms. The van der Waals surface area contributed by atoms with E-state index >= 15 is 0 Å². The molecule has 1 aromatic carbocycles. The standard InChI is InChI=1S/C6H5IOS/c7-9-6-3-1-5(8)2-4-6/h1-4,8H. The Hall–Kier alpha value is 0.1000. The number of halogens is 1. The number of aromatic hydroxyl groups is 1. The molecule has 0 spiro atoms. The highest BCUT2D eigenvalue weighted by molar-refractivity contribution is 14.2. The van der Waals surface area contributed by atoms with Gasteiger partial charge in [-0.05, 0) is 24.3 Å². The highest BCUT2D eigenvalue weighted by Gasteiger charge is 1.88. The second-order valence-electron chi connectivity index (χ2n) is 1.57. The Labute approximate surface area is 70.1 Å². The molecule has 0 saturated heterocycles. The molecule has 1 rings (SSSR count). The van der Waals surface area contributed by atoms with Gasteiger partial charge in [0.15, 0.2) is 0 Å². The van der Waals surface area contributed by atoms with Crippen molar-refractivity contribution in [3.05, 3.63) is 24.3 Å². The lowest BCUT2D eigenvalue weighted by atomic mass is 10.3. The summed E-state index contributed by atoms with van der Waals surface area (Å²) >= 11 is 2.20. The van der Waals surface area contributed by atoms with Crippen LogP contribution in [0.15, 0.2) is 29.2 Å².